The first kappa shape index (κ1) is 16.0. The van der Waals surface area contributed by atoms with E-state index >= 15 is 0 Å². The van der Waals surface area contributed by atoms with Gasteiger partial charge in [0.15, 0.2) is 0 Å². The summed E-state index contributed by atoms with van der Waals surface area (Å²) in [6.45, 7) is 4.85. The zero-order chi connectivity index (χ0) is 15.5. The second-order valence-corrected chi connectivity index (χ2v) is 6.41. The third-order valence-corrected chi connectivity index (χ3v) is 3.94. The Balaban J connectivity index is 1.85. The molecule has 0 unspecified atom stereocenters. The van der Waals surface area contributed by atoms with E-state index in [2.05, 4.69) is 10.4 Å². The molecule has 0 spiro atoms. The number of amides is 1. The highest BCUT2D eigenvalue weighted by Crippen LogP contribution is 2.29. The van der Waals surface area contributed by atoms with Crippen molar-refractivity contribution in [1.29, 1.82) is 0 Å². The van der Waals surface area contributed by atoms with Crippen molar-refractivity contribution in [2.75, 3.05) is 25.5 Å². The Morgan fingerprint density at radius 3 is 2.81 bits per heavy atom. The number of aliphatic hydroxyl groups is 1. The van der Waals surface area contributed by atoms with E-state index in [0.717, 1.165) is 25.7 Å². The predicted molar refractivity (Wildman–Crippen MR) is 82.2 cm³/mol. The second-order valence-electron chi connectivity index (χ2n) is 6.41. The van der Waals surface area contributed by atoms with Crippen LogP contribution >= 0.6 is 0 Å². The average Bonchev–Trinajstić information content (AvgIpc) is 2.97. The molecule has 0 aromatic carbocycles. The number of carbonyl (C=O) groups excluding carboxylic acids is 1. The molecule has 1 aromatic heterocycles. The Morgan fingerprint density at radius 1 is 1.52 bits per heavy atom. The van der Waals surface area contributed by atoms with Gasteiger partial charge in [-0.2, -0.15) is 5.10 Å². The van der Waals surface area contributed by atoms with Gasteiger partial charge in [0.1, 0.15) is 5.82 Å². The van der Waals surface area contributed by atoms with Crippen molar-refractivity contribution in [3.05, 3.63) is 12.3 Å². The Bertz CT molecular complexity index is 478. The van der Waals surface area contributed by atoms with E-state index in [4.69, 9.17) is 0 Å². The van der Waals surface area contributed by atoms with Crippen LogP contribution in [0.15, 0.2) is 12.3 Å². The summed E-state index contributed by atoms with van der Waals surface area (Å²) >= 11 is 0. The summed E-state index contributed by atoms with van der Waals surface area (Å²) in [5.41, 5.74) is -0.616. The van der Waals surface area contributed by atoms with Gasteiger partial charge in [-0.25, -0.2) is 4.68 Å². The first-order valence-corrected chi connectivity index (χ1v) is 7.64. The van der Waals surface area contributed by atoms with Crippen molar-refractivity contribution in [2.45, 2.75) is 51.2 Å². The van der Waals surface area contributed by atoms with Crippen LogP contribution in [0.1, 0.15) is 45.6 Å². The molecule has 6 nitrogen and oxygen atoms in total. The molecule has 1 aliphatic carbocycles. The van der Waals surface area contributed by atoms with Crippen LogP contribution in [-0.2, 0) is 4.79 Å². The fourth-order valence-electron chi connectivity index (χ4n) is 3.00. The molecule has 2 N–H and O–H groups in total. The first-order valence-electron chi connectivity index (χ1n) is 7.64. The van der Waals surface area contributed by atoms with E-state index < -0.39 is 5.60 Å². The van der Waals surface area contributed by atoms with Gasteiger partial charge in [0, 0.05) is 18.7 Å². The lowest BCUT2D eigenvalue weighted by Gasteiger charge is -2.28. The fourth-order valence-corrected chi connectivity index (χ4v) is 3.00. The Kier molecular flexibility index (Phi) is 5.00. The van der Waals surface area contributed by atoms with Crippen molar-refractivity contribution in [3.8, 4) is 0 Å². The van der Waals surface area contributed by atoms with E-state index in [1.54, 1.807) is 16.9 Å². The summed E-state index contributed by atoms with van der Waals surface area (Å²) in [6, 6.07) is 2.00. The molecule has 118 valence electrons. The Labute approximate surface area is 126 Å². The summed E-state index contributed by atoms with van der Waals surface area (Å²) in [5, 5.41) is 17.4. The van der Waals surface area contributed by atoms with E-state index in [1.165, 1.54) is 0 Å². The molecular formula is C15H26N4O2. The Hall–Kier alpha value is -1.40. The molecule has 6 heteroatoms. The molecule has 0 atom stereocenters. The molecule has 21 heavy (non-hydrogen) atoms. The standard InChI is InChI=1S/C15H26N4O2/c1-12(2)19-13(6-9-16-19)17-14(20)10-18(3)11-15(21)7-4-5-8-15/h6,9,12,21H,4-5,7-8,10-11H2,1-3H3,(H,17,20). The number of likely N-dealkylation sites (N-methyl/N-ethyl adjacent to an activating group) is 1. The van der Waals surface area contributed by atoms with Gasteiger partial charge in [-0.15, -0.1) is 0 Å². The van der Waals surface area contributed by atoms with Gasteiger partial charge in [0.2, 0.25) is 5.91 Å². The summed E-state index contributed by atoms with van der Waals surface area (Å²) in [6.07, 6.45) is 5.49. The van der Waals surface area contributed by atoms with Gasteiger partial charge in [0.25, 0.3) is 0 Å². The third kappa shape index (κ3) is 4.28. The topological polar surface area (TPSA) is 70.4 Å². The normalized spacial score (nSPS) is 17.6. The molecule has 1 aromatic rings. The SMILES string of the molecule is CC(C)n1nccc1NC(=O)CN(C)CC1(O)CCCC1. The maximum Gasteiger partial charge on any atom is 0.239 e. The van der Waals surface area contributed by atoms with Crippen LogP contribution in [0, 0.1) is 0 Å². The lowest BCUT2D eigenvalue weighted by Crippen LogP contribution is -2.42. The van der Waals surface area contributed by atoms with Crippen LogP contribution in [0.4, 0.5) is 5.82 Å². The molecule has 1 fully saturated rings. The van der Waals surface area contributed by atoms with E-state index in [0.29, 0.717) is 12.4 Å². The molecule has 1 heterocycles. The van der Waals surface area contributed by atoms with Crippen LogP contribution in [0.3, 0.4) is 0 Å². The second kappa shape index (κ2) is 6.58. The van der Waals surface area contributed by atoms with Crippen LogP contribution in [0.5, 0.6) is 0 Å². The van der Waals surface area contributed by atoms with Crippen molar-refractivity contribution in [1.82, 2.24) is 14.7 Å². The number of aromatic nitrogens is 2. The van der Waals surface area contributed by atoms with Crippen LogP contribution in [0.2, 0.25) is 0 Å². The summed E-state index contributed by atoms with van der Waals surface area (Å²) in [7, 11) is 1.87. The highest BCUT2D eigenvalue weighted by molar-refractivity contribution is 5.91. The quantitative estimate of drug-likeness (QED) is 0.837. The number of hydrogen-bond acceptors (Lipinski definition) is 4. The average molecular weight is 294 g/mol. The highest BCUT2D eigenvalue weighted by Gasteiger charge is 2.32. The molecule has 0 aliphatic heterocycles. The number of hydrogen-bond donors (Lipinski definition) is 2. The lowest BCUT2D eigenvalue weighted by molar-refractivity contribution is -0.117. The summed E-state index contributed by atoms with van der Waals surface area (Å²) in [4.78, 5) is 14.0. The fraction of sp³-hybridized carbons (Fsp3) is 0.733. The summed E-state index contributed by atoms with van der Waals surface area (Å²) < 4.78 is 1.78. The van der Waals surface area contributed by atoms with Gasteiger partial charge < -0.3 is 10.4 Å². The van der Waals surface area contributed by atoms with Crippen LogP contribution < -0.4 is 5.32 Å². The predicted octanol–water partition coefficient (Wildman–Crippen LogP) is 1.64. The number of nitrogens with one attached hydrogen (secondary N) is 1. The zero-order valence-corrected chi connectivity index (χ0v) is 13.2. The highest BCUT2D eigenvalue weighted by atomic mass is 16.3. The van der Waals surface area contributed by atoms with Gasteiger partial charge in [-0.05, 0) is 33.7 Å². The third-order valence-electron chi connectivity index (χ3n) is 3.94. The number of rotatable bonds is 6. The largest absolute Gasteiger partial charge is 0.389 e. The number of carbonyl (C=O) groups is 1. The van der Waals surface area contributed by atoms with E-state index in [-0.39, 0.29) is 18.5 Å². The van der Waals surface area contributed by atoms with Gasteiger partial charge >= 0.3 is 0 Å². The monoisotopic (exact) mass is 294 g/mol. The van der Waals surface area contributed by atoms with E-state index in [9.17, 15) is 9.90 Å². The zero-order valence-electron chi connectivity index (χ0n) is 13.2. The molecule has 1 amide bonds. The maximum atomic E-state index is 12.1. The molecular weight excluding hydrogens is 268 g/mol. The van der Waals surface area contributed by atoms with Gasteiger partial charge in [-0.3, -0.25) is 9.69 Å². The molecule has 2 rings (SSSR count). The smallest absolute Gasteiger partial charge is 0.239 e. The Morgan fingerprint density at radius 2 is 2.19 bits per heavy atom. The minimum atomic E-state index is -0.616. The van der Waals surface area contributed by atoms with Crippen molar-refractivity contribution < 1.29 is 9.90 Å². The first-order chi connectivity index (χ1) is 9.89. The van der Waals surface area contributed by atoms with Crippen molar-refractivity contribution in [2.24, 2.45) is 0 Å². The van der Waals surface area contributed by atoms with Gasteiger partial charge in [-0.1, -0.05) is 12.8 Å². The van der Waals surface area contributed by atoms with Gasteiger partial charge in [0.05, 0.1) is 18.3 Å². The lowest BCUT2D eigenvalue weighted by atomic mass is 10.0. The minimum absolute atomic E-state index is 0.0819. The van der Waals surface area contributed by atoms with Crippen molar-refractivity contribution in [3.63, 3.8) is 0 Å². The number of anilines is 1. The molecule has 1 saturated carbocycles. The molecule has 0 saturated heterocycles. The summed E-state index contributed by atoms with van der Waals surface area (Å²) in [5.74, 6) is 0.629. The van der Waals surface area contributed by atoms with E-state index in [1.807, 2.05) is 25.8 Å². The number of nitrogens with zero attached hydrogens (tertiary/aromatic N) is 3. The molecule has 0 bridgehead atoms. The van der Waals surface area contributed by atoms with Crippen molar-refractivity contribution >= 4 is 11.7 Å². The minimum Gasteiger partial charge on any atom is -0.389 e. The maximum absolute atomic E-state index is 12.1. The molecule has 1 aliphatic rings. The van der Waals surface area contributed by atoms with Crippen LogP contribution in [-0.4, -0.2) is 51.4 Å². The molecule has 0 radical (unpaired) electrons. The van der Waals surface area contributed by atoms with Crippen LogP contribution in [0.25, 0.3) is 0 Å².